The quantitative estimate of drug-likeness (QED) is 0.842. The monoisotopic (exact) mass is 311 g/mol. The van der Waals surface area contributed by atoms with Gasteiger partial charge >= 0.3 is 6.03 Å². The van der Waals surface area contributed by atoms with Crippen molar-refractivity contribution in [3.63, 3.8) is 0 Å². The molecular weight excluding hydrogens is 282 g/mol. The number of urea groups is 1. The first-order valence-electron chi connectivity index (χ1n) is 8.61. The Morgan fingerprint density at radius 2 is 1.91 bits per heavy atom. The van der Waals surface area contributed by atoms with Crippen LogP contribution in [0.25, 0.3) is 0 Å². The smallest absolute Gasteiger partial charge is 0.315 e. The zero-order chi connectivity index (χ0) is 15.5. The SMILES string of the molecule is CN1CCC(COC[C@H]2CC[C@H]3[C@H](CCN3C(N)=O)O2)CC1. The van der Waals surface area contributed by atoms with E-state index in [0.717, 1.165) is 32.4 Å². The van der Waals surface area contributed by atoms with Crippen molar-refractivity contribution in [2.24, 2.45) is 11.7 Å². The van der Waals surface area contributed by atoms with Crippen LogP contribution in [0.1, 0.15) is 32.1 Å². The molecule has 3 fully saturated rings. The molecule has 0 unspecified atom stereocenters. The second kappa shape index (κ2) is 7.15. The number of carbonyl (C=O) groups excluding carboxylic acids is 1. The number of hydrogen-bond acceptors (Lipinski definition) is 4. The van der Waals surface area contributed by atoms with Gasteiger partial charge in [-0.05, 0) is 58.2 Å². The van der Waals surface area contributed by atoms with Crippen molar-refractivity contribution in [2.75, 3.05) is 39.9 Å². The van der Waals surface area contributed by atoms with E-state index in [1.165, 1.54) is 25.9 Å². The zero-order valence-electron chi connectivity index (χ0n) is 13.6. The number of piperidine rings is 1. The highest BCUT2D eigenvalue weighted by molar-refractivity contribution is 5.72. The summed E-state index contributed by atoms with van der Waals surface area (Å²) in [6, 6.07) is -0.129. The molecule has 0 aromatic rings. The minimum absolute atomic E-state index is 0.151. The number of fused-ring (bicyclic) bond motifs is 1. The summed E-state index contributed by atoms with van der Waals surface area (Å²) in [5.41, 5.74) is 5.42. The summed E-state index contributed by atoms with van der Waals surface area (Å²) in [5, 5.41) is 0. The molecular formula is C16H29N3O3. The molecule has 22 heavy (non-hydrogen) atoms. The molecule has 2 amide bonds. The number of amides is 2. The Morgan fingerprint density at radius 1 is 1.14 bits per heavy atom. The Balaban J connectivity index is 1.36. The first kappa shape index (κ1) is 16.0. The largest absolute Gasteiger partial charge is 0.378 e. The fourth-order valence-corrected chi connectivity index (χ4v) is 3.99. The average molecular weight is 311 g/mol. The van der Waals surface area contributed by atoms with Gasteiger partial charge in [-0.1, -0.05) is 0 Å². The van der Waals surface area contributed by atoms with Crippen molar-refractivity contribution < 1.29 is 14.3 Å². The fraction of sp³-hybridized carbons (Fsp3) is 0.938. The standard InChI is InChI=1S/C16H29N3O3/c1-18-7-4-12(5-8-18)10-21-11-13-2-3-14-15(22-13)6-9-19(14)16(17)20/h12-15H,2-11H2,1H3,(H2,17,20)/t13-,14+,15+/m1/s1. The molecule has 0 aromatic carbocycles. The summed E-state index contributed by atoms with van der Waals surface area (Å²) in [7, 11) is 2.18. The summed E-state index contributed by atoms with van der Waals surface area (Å²) in [5.74, 6) is 0.698. The molecule has 6 nitrogen and oxygen atoms in total. The Labute approximate surface area is 132 Å². The van der Waals surface area contributed by atoms with Crippen LogP contribution in [0.15, 0.2) is 0 Å². The lowest BCUT2D eigenvalue weighted by atomic mass is 9.98. The van der Waals surface area contributed by atoms with E-state index in [9.17, 15) is 4.79 Å². The van der Waals surface area contributed by atoms with Crippen molar-refractivity contribution in [1.82, 2.24) is 9.80 Å². The summed E-state index contributed by atoms with van der Waals surface area (Å²) < 4.78 is 12.0. The second-order valence-electron chi connectivity index (χ2n) is 7.05. The Hall–Kier alpha value is -0.850. The second-order valence-corrected chi connectivity index (χ2v) is 7.05. The van der Waals surface area contributed by atoms with E-state index in [1.807, 2.05) is 0 Å². The maximum atomic E-state index is 11.4. The normalized spacial score (nSPS) is 33.9. The van der Waals surface area contributed by atoms with Crippen LogP contribution in [0, 0.1) is 5.92 Å². The number of nitrogens with zero attached hydrogens (tertiary/aromatic N) is 2. The van der Waals surface area contributed by atoms with Crippen LogP contribution in [0.3, 0.4) is 0 Å². The van der Waals surface area contributed by atoms with Crippen LogP contribution in [0.2, 0.25) is 0 Å². The van der Waals surface area contributed by atoms with Gasteiger partial charge in [0.15, 0.2) is 0 Å². The summed E-state index contributed by atoms with van der Waals surface area (Å²) in [6.07, 6.45) is 5.65. The molecule has 0 aliphatic carbocycles. The van der Waals surface area contributed by atoms with Gasteiger partial charge in [0.2, 0.25) is 0 Å². The van der Waals surface area contributed by atoms with Crippen molar-refractivity contribution >= 4 is 6.03 Å². The molecule has 126 valence electrons. The highest BCUT2D eigenvalue weighted by Gasteiger charge is 2.41. The van der Waals surface area contributed by atoms with Gasteiger partial charge in [-0.25, -0.2) is 4.79 Å². The van der Waals surface area contributed by atoms with E-state index in [-0.39, 0.29) is 24.3 Å². The number of nitrogens with two attached hydrogens (primary N) is 1. The van der Waals surface area contributed by atoms with Gasteiger partial charge in [-0.15, -0.1) is 0 Å². The molecule has 6 heteroatoms. The van der Waals surface area contributed by atoms with Crippen LogP contribution in [-0.4, -0.2) is 74.0 Å². The highest BCUT2D eigenvalue weighted by atomic mass is 16.5. The lowest BCUT2D eigenvalue weighted by Gasteiger charge is -2.35. The van der Waals surface area contributed by atoms with Crippen LogP contribution >= 0.6 is 0 Å². The van der Waals surface area contributed by atoms with E-state index in [4.69, 9.17) is 15.2 Å². The lowest BCUT2D eigenvalue weighted by Crippen LogP contribution is -2.47. The number of hydrogen-bond donors (Lipinski definition) is 1. The molecule has 0 radical (unpaired) electrons. The first-order valence-corrected chi connectivity index (χ1v) is 8.61. The van der Waals surface area contributed by atoms with Crippen molar-refractivity contribution in [3.05, 3.63) is 0 Å². The zero-order valence-corrected chi connectivity index (χ0v) is 13.6. The van der Waals surface area contributed by atoms with Crippen molar-refractivity contribution in [1.29, 1.82) is 0 Å². The number of ether oxygens (including phenoxy) is 2. The molecule has 0 aromatic heterocycles. The fourth-order valence-electron chi connectivity index (χ4n) is 3.99. The predicted octanol–water partition coefficient (Wildman–Crippen LogP) is 1.05. The number of primary amides is 1. The van der Waals surface area contributed by atoms with Crippen LogP contribution in [0.4, 0.5) is 4.79 Å². The molecule has 3 rings (SSSR count). The highest BCUT2D eigenvalue weighted by Crippen LogP contribution is 2.31. The molecule has 3 saturated heterocycles. The van der Waals surface area contributed by atoms with E-state index in [0.29, 0.717) is 12.5 Å². The number of rotatable bonds is 4. The van der Waals surface area contributed by atoms with E-state index >= 15 is 0 Å². The summed E-state index contributed by atoms with van der Waals surface area (Å²) >= 11 is 0. The van der Waals surface area contributed by atoms with Gasteiger partial charge in [0, 0.05) is 13.2 Å². The first-order chi connectivity index (χ1) is 10.6. The van der Waals surface area contributed by atoms with Gasteiger partial charge in [-0.3, -0.25) is 0 Å². The summed E-state index contributed by atoms with van der Waals surface area (Å²) in [6.45, 7) is 4.64. The lowest BCUT2D eigenvalue weighted by molar-refractivity contribution is -0.0998. The molecule has 0 spiro atoms. The predicted molar refractivity (Wildman–Crippen MR) is 83.6 cm³/mol. The van der Waals surface area contributed by atoms with Gasteiger partial charge in [0.1, 0.15) is 0 Å². The van der Waals surface area contributed by atoms with Crippen LogP contribution in [-0.2, 0) is 9.47 Å². The summed E-state index contributed by atoms with van der Waals surface area (Å²) in [4.78, 5) is 15.5. The Bertz CT molecular complexity index is 385. The Morgan fingerprint density at radius 3 is 2.64 bits per heavy atom. The van der Waals surface area contributed by atoms with Crippen LogP contribution < -0.4 is 5.73 Å². The third kappa shape index (κ3) is 3.73. The molecule has 3 heterocycles. The molecule has 3 atom stereocenters. The van der Waals surface area contributed by atoms with E-state index < -0.39 is 0 Å². The molecule has 0 bridgehead atoms. The van der Waals surface area contributed by atoms with Crippen molar-refractivity contribution in [2.45, 2.75) is 50.4 Å². The molecule has 3 aliphatic rings. The topological polar surface area (TPSA) is 68.0 Å². The Kier molecular flexibility index (Phi) is 5.21. The molecule has 2 N–H and O–H groups in total. The average Bonchev–Trinajstić information content (AvgIpc) is 2.92. The van der Waals surface area contributed by atoms with Crippen LogP contribution in [0.5, 0.6) is 0 Å². The minimum atomic E-state index is -0.312. The van der Waals surface area contributed by atoms with E-state index in [2.05, 4.69) is 11.9 Å². The maximum Gasteiger partial charge on any atom is 0.315 e. The maximum absolute atomic E-state index is 11.4. The van der Waals surface area contributed by atoms with Gasteiger partial charge in [-0.2, -0.15) is 0 Å². The van der Waals surface area contributed by atoms with Gasteiger partial charge in [0.05, 0.1) is 24.9 Å². The molecule has 0 saturated carbocycles. The molecule has 3 aliphatic heterocycles. The van der Waals surface area contributed by atoms with Crippen molar-refractivity contribution in [3.8, 4) is 0 Å². The number of likely N-dealkylation sites (tertiary alicyclic amines) is 2. The third-order valence-electron chi connectivity index (χ3n) is 5.41. The number of carbonyl (C=O) groups is 1. The van der Waals surface area contributed by atoms with Gasteiger partial charge in [0.25, 0.3) is 0 Å². The third-order valence-corrected chi connectivity index (χ3v) is 5.41. The van der Waals surface area contributed by atoms with E-state index in [1.54, 1.807) is 4.90 Å². The van der Waals surface area contributed by atoms with Gasteiger partial charge < -0.3 is 25.0 Å². The minimum Gasteiger partial charge on any atom is -0.378 e.